The molecule has 0 N–H and O–H groups in total. The molecule has 0 amide bonds. The van der Waals surface area contributed by atoms with Crippen molar-refractivity contribution in [3.05, 3.63) is 0 Å². The van der Waals surface area contributed by atoms with Crippen molar-refractivity contribution in [1.29, 1.82) is 0 Å². The second kappa shape index (κ2) is 2.65. The van der Waals surface area contributed by atoms with Gasteiger partial charge in [0.2, 0.25) is 0 Å². The van der Waals surface area contributed by atoms with Crippen LogP contribution < -0.4 is 0 Å². The Labute approximate surface area is 75.3 Å². The van der Waals surface area contributed by atoms with Crippen molar-refractivity contribution in [2.24, 2.45) is 16.7 Å². The molecule has 0 aromatic rings. The first-order valence-electron chi connectivity index (χ1n) is 4.46. The third-order valence-corrected chi connectivity index (χ3v) is 3.28. The Morgan fingerprint density at radius 1 is 1.45 bits per heavy atom. The van der Waals surface area contributed by atoms with E-state index in [2.05, 4.69) is 27.7 Å². The van der Waals surface area contributed by atoms with Gasteiger partial charge in [-0.2, -0.15) is 0 Å². The van der Waals surface area contributed by atoms with Crippen LogP contribution in [0.25, 0.3) is 0 Å². The fourth-order valence-electron chi connectivity index (χ4n) is 2.09. The topological polar surface area (TPSA) is 0 Å². The van der Waals surface area contributed by atoms with Gasteiger partial charge in [0, 0.05) is 5.88 Å². The fourth-order valence-corrected chi connectivity index (χ4v) is 2.55. The third-order valence-electron chi connectivity index (χ3n) is 2.75. The Morgan fingerprint density at radius 2 is 1.91 bits per heavy atom. The molecule has 0 nitrogen and oxygen atoms in total. The van der Waals surface area contributed by atoms with Crippen molar-refractivity contribution in [2.75, 3.05) is 5.88 Å². The van der Waals surface area contributed by atoms with Crippen LogP contribution in [0, 0.1) is 16.7 Å². The molecule has 0 radical (unpaired) electrons. The van der Waals surface area contributed by atoms with E-state index in [1.165, 1.54) is 12.8 Å². The molecule has 1 heteroatoms. The standard InChI is InChI=1S/C10H19Cl/c1-8-5-10(8,7-11)6-9(2,3)4/h8H,5-7H2,1-4H3. The van der Waals surface area contributed by atoms with Gasteiger partial charge in [-0.1, -0.05) is 27.7 Å². The Hall–Kier alpha value is 0.290. The highest BCUT2D eigenvalue weighted by Crippen LogP contribution is 2.58. The van der Waals surface area contributed by atoms with Gasteiger partial charge in [0.15, 0.2) is 0 Å². The maximum Gasteiger partial charge on any atom is 0.0282 e. The summed E-state index contributed by atoms with van der Waals surface area (Å²) < 4.78 is 0. The summed E-state index contributed by atoms with van der Waals surface area (Å²) in [5.74, 6) is 1.71. The predicted octanol–water partition coefficient (Wildman–Crippen LogP) is 3.69. The van der Waals surface area contributed by atoms with Gasteiger partial charge >= 0.3 is 0 Å². The van der Waals surface area contributed by atoms with Crippen LogP contribution in [0.15, 0.2) is 0 Å². The Morgan fingerprint density at radius 3 is 2.00 bits per heavy atom. The zero-order valence-corrected chi connectivity index (χ0v) is 8.83. The van der Waals surface area contributed by atoms with E-state index in [4.69, 9.17) is 11.6 Å². The molecule has 1 saturated carbocycles. The highest BCUT2D eigenvalue weighted by molar-refractivity contribution is 6.18. The maximum atomic E-state index is 5.96. The molecule has 0 spiro atoms. The number of rotatable bonds is 2. The molecule has 2 atom stereocenters. The van der Waals surface area contributed by atoms with E-state index in [0.29, 0.717) is 10.8 Å². The van der Waals surface area contributed by atoms with Crippen LogP contribution in [0.3, 0.4) is 0 Å². The van der Waals surface area contributed by atoms with Crippen LogP contribution in [0.5, 0.6) is 0 Å². The van der Waals surface area contributed by atoms with Crippen LogP contribution in [0.2, 0.25) is 0 Å². The van der Waals surface area contributed by atoms with E-state index >= 15 is 0 Å². The molecule has 1 aliphatic carbocycles. The van der Waals surface area contributed by atoms with Gasteiger partial charge in [0.05, 0.1) is 0 Å². The first kappa shape index (κ1) is 9.38. The number of alkyl halides is 1. The van der Waals surface area contributed by atoms with Crippen LogP contribution in [-0.2, 0) is 0 Å². The highest BCUT2D eigenvalue weighted by atomic mass is 35.5. The third kappa shape index (κ3) is 2.11. The summed E-state index contributed by atoms with van der Waals surface area (Å²) in [5.41, 5.74) is 0.944. The fraction of sp³-hybridized carbons (Fsp3) is 1.00. The summed E-state index contributed by atoms with van der Waals surface area (Å²) in [6, 6.07) is 0. The van der Waals surface area contributed by atoms with E-state index in [1.54, 1.807) is 0 Å². The monoisotopic (exact) mass is 174 g/mol. The zero-order chi connectivity index (χ0) is 8.70. The Balaban J connectivity index is 2.48. The number of hydrogen-bond donors (Lipinski definition) is 0. The Kier molecular flexibility index (Phi) is 2.26. The minimum atomic E-state index is 0.444. The van der Waals surface area contributed by atoms with Gasteiger partial charge in [0.25, 0.3) is 0 Å². The van der Waals surface area contributed by atoms with Gasteiger partial charge in [-0.3, -0.25) is 0 Å². The molecule has 0 aromatic heterocycles. The van der Waals surface area contributed by atoms with Gasteiger partial charge in [-0.25, -0.2) is 0 Å². The first-order valence-corrected chi connectivity index (χ1v) is 4.99. The summed E-state index contributed by atoms with van der Waals surface area (Å²) in [4.78, 5) is 0. The molecule has 0 heterocycles. The quantitative estimate of drug-likeness (QED) is 0.561. The van der Waals surface area contributed by atoms with E-state index in [1.807, 2.05) is 0 Å². The van der Waals surface area contributed by atoms with Crippen molar-refractivity contribution in [3.8, 4) is 0 Å². The SMILES string of the molecule is CC1CC1(CCl)CC(C)(C)C. The van der Waals surface area contributed by atoms with Crippen molar-refractivity contribution < 1.29 is 0 Å². The summed E-state index contributed by atoms with van der Waals surface area (Å²) in [6.07, 6.45) is 2.62. The van der Waals surface area contributed by atoms with E-state index < -0.39 is 0 Å². The Bertz CT molecular complexity index is 141. The van der Waals surface area contributed by atoms with Crippen LogP contribution in [0.1, 0.15) is 40.5 Å². The molecule has 0 bridgehead atoms. The van der Waals surface area contributed by atoms with Crippen LogP contribution in [0.4, 0.5) is 0 Å². The summed E-state index contributed by atoms with van der Waals surface area (Å²) in [7, 11) is 0. The molecule has 11 heavy (non-hydrogen) atoms. The molecule has 2 unspecified atom stereocenters. The van der Waals surface area contributed by atoms with Crippen molar-refractivity contribution >= 4 is 11.6 Å². The smallest absolute Gasteiger partial charge is 0.0282 e. The minimum Gasteiger partial charge on any atom is -0.126 e. The normalized spacial score (nSPS) is 37.4. The lowest BCUT2D eigenvalue weighted by molar-refractivity contribution is 0.282. The van der Waals surface area contributed by atoms with Gasteiger partial charge < -0.3 is 0 Å². The largest absolute Gasteiger partial charge is 0.126 e. The molecule has 0 aliphatic heterocycles. The van der Waals surface area contributed by atoms with Crippen molar-refractivity contribution in [2.45, 2.75) is 40.5 Å². The molecule has 1 fully saturated rings. The van der Waals surface area contributed by atoms with Crippen molar-refractivity contribution in [3.63, 3.8) is 0 Å². The highest BCUT2D eigenvalue weighted by Gasteiger charge is 2.51. The lowest BCUT2D eigenvalue weighted by Gasteiger charge is -2.24. The number of halogens is 1. The second-order valence-corrected chi connectivity index (χ2v) is 5.61. The molecule has 1 rings (SSSR count). The van der Waals surface area contributed by atoms with Crippen LogP contribution >= 0.6 is 11.6 Å². The summed E-state index contributed by atoms with van der Waals surface area (Å²) in [5, 5.41) is 0. The van der Waals surface area contributed by atoms with E-state index in [0.717, 1.165) is 11.8 Å². The molecule has 66 valence electrons. The minimum absolute atomic E-state index is 0.444. The lowest BCUT2D eigenvalue weighted by Crippen LogP contribution is -2.16. The average Bonchev–Trinajstić information content (AvgIpc) is 2.39. The summed E-state index contributed by atoms with van der Waals surface area (Å²) in [6.45, 7) is 9.21. The van der Waals surface area contributed by atoms with E-state index in [9.17, 15) is 0 Å². The van der Waals surface area contributed by atoms with Gasteiger partial charge in [0.1, 0.15) is 0 Å². The van der Waals surface area contributed by atoms with Crippen molar-refractivity contribution in [1.82, 2.24) is 0 Å². The van der Waals surface area contributed by atoms with Gasteiger partial charge in [-0.05, 0) is 29.6 Å². The lowest BCUT2D eigenvalue weighted by atomic mass is 9.82. The maximum absolute atomic E-state index is 5.96. The second-order valence-electron chi connectivity index (χ2n) is 5.34. The molecule has 0 saturated heterocycles. The van der Waals surface area contributed by atoms with E-state index in [-0.39, 0.29) is 0 Å². The van der Waals surface area contributed by atoms with Gasteiger partial charge in [-0.15, -0.1) is 11.6 Å². The molecule has 1 aliphatic rings. The number of hydrogen-bond acceptors (Lipinski definition) is 0. The zero-order valence-electron chi connectivity index (χ0n) is 8.08. The average molecular weight is 175 g/mol. The molecular formula is C10H19Cl. The predicted molar refractivity (Wildman–Crippen MR) is 51.0 cm³/mol. The molecule has 0 aromatic carbocycles. The summed E-state index contributed by atoms with van der Waals surface area (Å²) >= 11 is 5.96. The first-order chi connectivity index (χ1) is 4.90. The molecular weight excluding hydrogens is 156 g/mol. The van der Waals surface area contributed by atoms with Crippen LogP contribution in [-0.4, -0.2) is 5.88 Å².